The number of hydrogen-bond acceptors (Lipinski definition) is 3. The van der Waals surface area contributed by atoms with E-state index in [0.717, 1.165) is 11.1 Å². The second kappa shape index (κ2) is 7.00. The van der Waals surface area contributed by atoms with E-state index >= 15 is 0 Å². The molecule has 0 spiro atoms. The van der Waals surface area contributed by atoms with Gasteiger partial charge in [0, 0.05) is 28.6 Å². The van der Waals surface area contributed by atoms with Gasteiger partial charge in [-0.15, -0.1) is 0 Å². The van der Waals surface area contributed by atoms with Crippen LogP contribution in [0.2, 0.25) is 10.0 Å². The minimum atomic E-state index is -0.569. The zero-order valence-corrected chi connectivity index (χ0v) is 14.0. The summed E-state index contributed by atoms with van der Waals surface area (Å²) in [6.07, 6.45) is 3.32. The van der Waals surface area contributed by atoms with Crippen LogP contribution in [0.25, 0.3) is 0 Å². The SMILES string of the molecule is O=C(CCc1ccc(Cl)cc1Cl)[C@H]1CC[C@H](O)c2ncccc21. The number of carbonyl (C=O) groups excluding carboxylic acids is 1. The van der Waals surface area contributed by atoms with E-state index in [1.54, 1.807) is 18.3 Å². The number of benzene rings is 1. The molecule has 0 saturated heterocycles. The maximum absolute atomic E-state index is 12.6. The molecule has 0 unspecified atom stereocenters. The van der Waals surface area contributed by atoms with Crippen molar-refractivity contribution in [3.8, 4) is 0 Å². The molecule has 1 aliphatic rings. The topological polar surface area (TPSA) is 50.2 Å². The Bertz CT molecular complexity index is 733. The van der Waals surface area contributed by atoms with Crippen molar-refractivity contribution in [2.75, 3.05) is 0 Å². The molecule has 23 heavy (non-hydrogen) atoms. The van der Waals surface area contributed by atoms with Crippen molar-refractivity contribution in [1.82, 2.24) is 4.98 Å². The molecule has 0 bridgehead atoms. The number of hydrogen-bond donors (Lipinski definition) is 1. The third-order valence-electron chi connectivity index (χ3n) is 4.34. The van der Waals surface area contributed by atoms with Crippen molar-refractivity contribution in [1.29, 1.82) is 0 Å². The molecule has 0 fully saturated rings. The van der Waals surface area contributed by atoms with E-state index in [-0.39, 0.29) is 11.7 Å². The van der Waals surface area contributed by atoms with E-state index < -0.39 is 6.10 Å². The molecule has 0 radical (unpaired) electrons. The van der Waals surface area contributed by atoms with Gasteiger partial charge < -0.3 is 5.11 Å². The molecule has 3 nitrogen and oxygen atoms in total. The largest absolute Gasteiger partial charge is 0.387 e. The highest BCUT2D eigenvalue weighted by molar-refractivity contribution is 6.35. The summed E-state index contributed by atoms with van der Waals surface area (Å²) in [4.78, 5) is 16.9. The van der Waals surface area contributed by atoms with E-state index in [1.807, 2.05) is 18.2 Å². The summed E-state index contributed by atoms with van der Waals surface area (Å²) in [5.41, 5.74) is 2.42. The molecule has 0 amide bonds. The fourth-order valence-electron chi connectivity index (χ4n) is 3.11. The summed E-state index contributed by atoms with van der Waals surface area (Å²) in [7, 11) is 0. The number of carbonyl (C=O) groups is 1. The number of aromatic nitrogens is 1. The Hall–Kier alpha value is -1.42. The zero-order valence-electron chi connectivity index (χ0n) is 12.5. The molecule has 1 aromatic carbocycles. The van der Waals surface area contributed by atoms with Gasteiger partial charge in [0.05, 0.1) is 11.8 Å². The summed E-state index contributed by atoms with van der Waals surface area (Å²) in [5, 5.41) is 11.2. The zero-order chi connectivity index (χ0) is 16.4. The Morgan fingerprint density at radius 2 is 2.09 bits per heavy atom. The van der Waals surface area contributed by atoms with Crippen molar-refractivity contribution < 1.29 is 9.90 Å². The highest BCUT2D eigenvalue weighted by Crippen LogP contribution is 2.37. The Kier molecular flexibility index (Phi) is 5.00. The molecule has 3 rings (SSSR count). The maximum Gasteiger partial charge on any atom is 0.140 e. The average molecular weight is 350 g/mol. The van der Waals surface area contributed by atoms with Crippen LogP contribution in [0.5, 0.6) is 0 Å². The van der Waals surface area contributed by atoms with Crippen molar-refractivity contribution in [2.45, 2.75) is 37.7 Å². The van der Waals surface area contributed by atoms with Gasteiger partial charge in [-0.3, -0.25) is 9.78 Å². The first kappa shape index (κ1) is 16.4. The van der Waals surface area contributed by atoms with Crippen LogP contribution in [-0.2, 0) is 11.2 Å². The predicted octanol–water partition coefficient (Wildman–Crippen LogP) is 4.50. The van der Waals surface area contributed by atoms with E-state index in [0.29, 0.717) is 41.4 Å². The molecule has 1 heterocycles. The van der Waals surface area contributed by atoms with Gasteiger partial charge in [-0.2, -0.15) is 0 Å². The molecule has 0 saturated carbocycles. The Balaban J connectivity index is 1.73. The van der Waals surface area contributed by atoms with Gasteiger partial charge in [0.15, 0.2) is 0 Å². The van der Waals surface area contributed by atoms with E-state index in [4.69, 9.17) is 23.2 Å². The van der Waals surface area contributed by atoms with Crippen LogP contribution in [0.1, 0.15) is 48.1 Å². The Morgan fingerprint density at radius 3 is 2.87 bits per heavy atom. The maximum atomic E-state index is 12.6. The van der Waals surface area contributed by atoms with Crippen LogP contribution in [-0.4, -0.2) is 15.9 Å². The van der Waals surface area contributed by atoms with E-state index in [1.165, 1.54) is 0 Å². The quantitative estimate of drug-likeness (QED) is 0.883. The highest BCUT2D eigenvalue weighted by Gasteiger charge is 2.31. The molecule has 2 atom stereocenters. The summed E-state index contributed by atoms with van der Waals surface area (Å²) < 4.78 is 0. The monoisotopic (exact) mass is 349 g/mol. The fraction of sp³-hybridized carbons (Fsp3) is 0.333. The van der Waals surface area contributed by atoms with Crippen LogP contribution in [0.4, 0.5) is 0 Å². The number of aliphatic hydroxyl groups excluding tert-OH is 1. The lowest BCUT2D eigenvalue weighted by Gasteiger charge is -2.27. The second-order valence-corrected chi connectivity index (χ2v) is 6.67. The first-order valence-corrected chi connectivity index (χ1v) is 8.41. The van der Waals surface area contributed by atoms with Crippen LogP contribution in [0.15, 0.2) is 36.5 Å². The molecule has 1 aliphatic carbocycles. The van der Waals surface area contributed by atoms with E-state index in [9.17, 15) is 9.90 Å². The number of halogens is 2. The number of ketones is 1. The fourth-order valence-corrected chi connectivity index (χ4v) is 3.61. The molecule has 2 aromatic rings. The number of Topliss-reactive ketones (excluding diaryl/α,β-unsaturated/α-hetero) is 1. The molecule has 1 aromatic heterocycles. The number of nitrogens with zero attached hydrogens (tertiary/aromatic N) is 1. The number of pyridine rings is 1. The first-order chi connectivity index (χ1) is 11.1. The Morgan fingerprint density at radius 1 is 1.26 bits per heavy atom. The van der Waals surface area contributed by atoms with Crippen molar-refractivity contribution in [2.24, 2.45) is 0 Å². The van der Waals surface area contributed by atoms with Crippen LogP contribution >= 0.6 is 23.2 Å². The Labute approximate surface area is 145 Å². The van der Waals surface area contributed by atoms with Gasteiger partial charge in [0.2, 0.25) is 0 Å². The summed E-state index contributed by atoms with van der Waals surface area (Å²) in [5.74, 6) is -0.0228. The molecule has 0 aliphatic heterocycles. The second-order valence-electron chi connectivity index (χ2n) is 5.83. The van der Waals surface area contributed by atoms with Crippen LogP contribution in [0, 0.1) is 0 Å². The van der Waals surface area contributed by atoms with Crippen molar-refractivity contribution in [3.05, 3.63) is 63.4 Å². The van der Waals surface area contributed by atoms with Gasteiger partial charge in [-0.1, -0.05) is 35.3 Å². The number of fused-ring (bicyclic) bond motifs is 1. The van der Waals surface area contributed by atoms with Gasteiger partial charge >= 0.3 is 0 Å². The lowest BCUT2D eigenvalue weighted by atomic mass is 9.80. The average Bonchev–Trinajstić information content (AvgIpc) is 2.54. The highest BCUT2D eigenvalue weighted by atomic mass is 35.5. The summed E-state index contributed by atoms with van der Waals surface area (Å²) in [6.45, 7) is 0. The summed E-state index contributed by atoms with van der Waals surface area (Å²) in [6, 6.07) is 9.04. The molecule has 1 N–H and O–H groups in total. The third-order valence-corrected chi connectivity index (χ3v) is 4.92. The lowest BCUT2D eigenvalue weighted by molar-refractivity contribution is -0.121. The molecule has 5 heteroatoms. The minimum absolute atomic E-state index is 0.164. The van der Waals surface area contributed by atoms with Crippen molar-refractivity contribution in [3.63, 3.8) is 0 Å². The van der Waals surface area contributed by atoms with Gasteiger partial charge in [-0.25, -0.2) is 0 Å². The number of aryl methyl sites for hydroxylation is 1. The first-order valence-electron chi connectivity index (χ1n) is 7.66. The van der Waals surface area contributed by atoms with Crippen LogP contribution < -0.4 is 0 Å². The standard InChI is InChI=1S/C18H17Cl2NO2/c19-12-5-3-11(15(20)10-12)4-7-16(22)13-6-8-17(23)18-14(13)2-1-9-21-18/h1-3,5,9-10,13,17,23H,4,6-8H2/t13-,17-/m0/s1. The van der Waals surface area contributed by atoms with Gasteiger partial charge in [0.25, 0.3) is 0 Å². The molecular formula is C18H17Cl2NO2. The molecule has 120 valence electrons. The predicted molar refractivity (Wildman–Crippen MR) is 91.0 cm³/mol. The van der Waals surface area contributed by atoms with Crippen molar-refractivity contribution >= 4 is 29.0 Å². The van der Waals surface area contributed by atoms with Gasteiger partial charge in [0.1, 0.15) is 5.78 Å². The third kappa shape index (κ3) is 3.57. The lowest BCUT2D eigenvalue weighted by Crippen LogP contribution is -2.22. The smallest absolute Gasteiger partial charge is 0.140 e. The normalized spacial score (nSPS) is 20.1. The summed E-state index contributed by atoms with van der Waals surface area (Å²) >= 11 is 12.0. The van der Waals surface area contributed by atoms with Crippen LogP contribution in [0.3, 0.4) is 0 Å². The molecular weight excluding hydrogens is 333 g/mol. The number of aliphatic hydroxyl groups is 1. The minimum Gasteiger partial charge on any atom is -0.387 e. The number of rotatable bonds is 4. The van der Waals surface area contributed by atoms with Gasteiger partial charge in [-0.05, 0) is 48.6 Å². The van der Waals surface area contributed by atoms with E-state index in [2.05, 4.69) is 4.98 Å².